The molecule has 0 saturated carbocycles. The Hall–Kier alpha value is -8.36. The molecule has 0 aliphatic carbocycles. The molecule has 0 radical (unpaired) electrons. The van der Waals surface area contributed by atoms with Crippen LogP contribution >= 0.6 is 0 Å². The molecule has 8 nitrogen and oxygen atoms in total. The van der Waals surface area contributed by atoms with Crippen molar-refractivity contribution in [3.63, 3.8) is 0 Å². The summed E-state index contributed by atoms with van der Waals surface area (Å²) in [5.74, 6) is 0.798. The van der Waals surface area contributed by atoms with E-state index in [1.165, 1.54) is 12.7 Å². The molecule has 0 amide bonds. The van der Waals surface area contributed by atoms with Crippen molar-refractivity contribution >= 4 is 0 Å². The second kappa shape index (κ2) is 16.2. The van der Waals surface area contributed by atoms with Crippen molar-refractivity contribution < 1.29 is 0 Å². The van der Waals surface area contributed by atoms with Crippen molar-refractivity contribution in [2.45, 2.75) is 0 Å². The molecule has 0 N–H and O–H groups in total. The maximum absolute atomic E-state index is 5.24. The van der Waals surface area contributed by atoms with Gasteiger partial charge < -0.3 is 0 Å². The zero-order valence-corrected chi connectivity index (χ0v) is 32.2. The molecule has 0 unspecified atom stereocenters. The van der Waals surface area contributed by atoms with Crippen LogP contribution in [0.3, 0.4) is 0 Å². The summed E-state index contributed by atoms with van der Waals surface area (Å²) in [7, 11) is 0. The van der Waals surface area contributed by atoms with E-state index in [1.54, 1.807) is 0 Å². The molecule has 0 saturated heterocycles. The van der Waals surface area contributed by atoms with E-state index < -0.39 is 0 Å². The molecule has 0 aliphatic rings. The first kappa shape index (κ1) is 36.0. The van der Waals surface area contributed by atoms with Crippen LogP contribution in [0.1, 0.15) is 0 Å². The van der Waals surface area contributed by atoms with Gasteiger partial charge in [-0.3, -0.25) is 0 Å². The topological polar surface area (TPSA) is 103 Å². The standard InChI is InChI=1S/C52H34N8/c1-3-11-35(12-4-1)37-15-7-19-41(23-37)47-27-49(43-21-9-17-39(25-43)45-29-53-33-54-30-45)59-51(57-47)52-58-48(42-20-8-16-38(24-42)36-13-5-2-6-14-36)28-50(60-52)44-22-10-18-40(26-44)46-31-55-34-56-32-46/h1-34H. The SMILES string of the molecule is c1ccc(-c2cccc(-c3cc(-c4cccc(-c5cncnc5)c4)nc(-c4nc(-c5cccc(-c6ccccc6)c5)cc(-c5cccc(-c6cncnc6)c5)n4)n3)c2)cc1. The molecule has 10 rings (SSSR count). The summed E-state index contributed by atoms with van der Waals surface area (Å²) < 4.78 is 0. The van der Waals surface area contributed by atoms with Crippen LogP contribution < -0.4 is 0 Å². The zero-order chi connectivity index (χ0) is 40.1. The second-order valence-corrected chi connectivity index (χ2v) is 14.2. The molecule has 4 heterocycles. The zero-order valence-electron chi connectivity index (χ0n) is 32.2. The highest BCUT2D eigenvalue weighted by Gasteiger charge is 2.18. The fourth-order valence-corrected chi connectivity index (χ4v) is 7.28. The summed E-state index contributed by atoms with van der Waals surface area (Å²) in [4.78, 5) is 38.0. The Kier molecular flexibility index (Phi) is 9.75. The molecule has 8 heteroatoms. The van der Waals surface area contributed by atoms with E-state index in [2.05, 4.69) is 141 Å². The minimum absolute atomic E-state index is 0.399. The van der Waals surface area contributed by atoms with Gasteiger partial charge in [0.2, 0.25) is 0 Å². The highest BCUT2D eigenvalue weighted by molar-refractivity contribution is 5.80. The average molecular weight is 771 g/mol. The minimum Gasteiger partial charge on any atom is -0.244 e. The maximum atomic E-state index is 5.24. The van der Waals surface area contributed by atoms with Crippen molar-refractivity contribution in [3.05, 3.63) is 207 Å². The third-order valence-electron chi connectivity index (χ3n) is 10.3. The molecule has 0 aliphatic heterocycles. The first-order valence-electron chi connectivity index (χ1n) is 19.5. The summed E-state index contributed by atoms with van der Waals surface area (Å²) in [6.45, 7) is 0. The van der Waals surface area contributed by atoms with Crippen LogP contribution in [-0.2, 0) is 0 Å². The fraction of sp³-hybridized carbons (Fsp3) is 0. The number of aromatic nitrogens is 8. The molecule has 10 aromatic rings. The van der Waals surface area contributed by atoms with Crippen molar-refractivity contribution in [1.82, 2.24) is 39.9 Å². The summed E-state index contributed by atoms with van der Waals surface area (Å²) in [5, 5.41) is 0. The van der Waals surface area contributed by atoms with Crippen LogP contribution in [0.15, 0.2) is 207 Å². The molecule has 0 bridgehead atoms. The molecular formula is C52H34N8. The second-order valence-electron chi connectivity index (χ2n) is 14.2. The van der Waals surface area contributed by atoms with Crippen LogP contribution in [0.2, 0.25) is 0 Å². The molecule has 282 valence electrons. The van der Waals surface area contributed by atoms with Crippen molar-refractivity contribution in [3.8, 4) is 101 Å². The Bertz CT molecular complexity index is 2670. The third-order valence-corrected chi connectivity index (χ3v) is 10.3. The van der Waals surface area contributed by atoms with Gasteiger partial charge in [-0.25, -0.2) is 39.9 Å². The lowest BCUT2D eigenvalue weighted by Crippen LogP contribution is -2.02. The minimum atomic E-state index is 0.399. The van der Waals surface area contributed by atoms with E-state index in [0.29, 0.717) is 11.6 Å². The van der Waals surface area contributed by atoms with Crippen LogP contribution in [0.5, 0.6) is 0 Å². The van der Waals surface area contributed by atoms with E-state index in [-0.39, 0.29) is 0 Å². The van der Waals surface area contributed by atoms with Gasteiger partial charge in [0.25, 0.3) is 0 Å². The molecular weight excluding hydrogens is 737 g/mol. The number of hydrogen-bond donors (Lipinski definition) is 0. The number of rotatable bonds is 9. The first-order chi connectivity index (χ1) is 29.7. The van der Waals surface area contributed by atoms with Gasteiger partial charge in [-0.15, -0.1) is 0 Å². The third kappa shape index (κ3) is 7.68. The highest BCUT2D eigenvalue weighted by Crippen LogP contribution is 2.34. The van der Waals surface area contributed by atoms with Gasteiger partial charge in [0.1, 0.15) is 12.7 Å². The van der Waals surface area contributed by atoms with E-state index in [1.807, 2.05) is 73.3 Å². The summed E-state index contributed by atoms with van der Waals surface area (Å²) in [5.41, 5.74) is 14.8. The lowest BCUT2D eigenvalue weighted by molar-refractivity contribution is 1.09. The quantitative estimate of drug-likeness (QED) is 0.143. The smallest absolute Gasteiger partial charge is 0.198 e. The summed E-state index contributed by atoms with van der Waals surface area (Å²) in [6.07, 6.45) is 10.3. The van der Waals surface area contributed by atoms with Gasteiger partial charge in [0.15, 0.2) is 11.6 Å². The van der Waals surface area contributed by atoms with E-state index >= 15 is 0 Å². The number of hydrogen-bond acceptors (Lipinski definition) is 8. The first-order valence-corrected chi connectivity index (χ1v) is 19.5. The van der Waals surface area contributed by atoms with Crippen molar-refractivity contribution in [1.29, 1.82) is 0 Å². The van der Waals surface area contributed by atoms with Gasteiger partial charge in [-0.1, -0.05) is 133 Å². The molecule has 60 heavy (non-hydrogen) atoms. The van der Waals surface area contributed by atoms with Gasteiger partial charge in [0.05, 0.1) is 22.8 Å². The van der Waals surface area contributed by atoms with E-state index in [4.69, 9.17) is 19.9 Å². The highest BCUT2D eigenvalue weighted by atomic mass is 15.0. The van der Waals surface area contributed by atoms with Gasteiger partial charge >= 0.3 is 0 Å². The monoisotopic (exact) mass is 770 g/mol. The Morgan fingerprint density at radius 2 is 0.483 bits per heavy atom. The predicted molar refractivity (Wildman–Crippen MR) is 238 cm³/mol. The molecule has 6 aromatic carbocycles. The number of nitrogens with zero attached hydrogens (tertiary/aromatic N) is 8. The van der Waals surface area contributed by atoms with Crippen LogP contribution in [0.4, 0.5) is 0 Å². The van der Waals surface area contributed by atoms with Gasteiger partial charge in [0, 0.05) is 58.2 Å². The maximum Gasteiger partial charge on any atom is 0.198 e. The van der Waals surface area contributed by atoms with Gasteiger partial charge in [-0.05, 0) is 69.8 Å². The normalized spacial score (nSPS) is 11.0. The Balaban J connectivity index is 1.17. The summed E-state index contributed by atoms with van der Waals surface area (Å²) >= 11 is 0. The van der Waals surface area contributed by atoms with Crippen LogP contribution in [0, 0.1) is 0 Å². The largest absolute Gasteiger partial charge is 0.244 e. The summed E-state index contributed by atoms with van der Waals surface area (Å²) in [6, 6.07) is 58.1. The lowest BCUT2D eigenvalue weighted by Gasteiger charge is -2.13. The molecule has 0 atom stereocenters. The van der Waals surface area contributed by atoms with E-state index in [9.17, 15) is 0 Å². The Morgan fingerprint density at radius 3 is 0.800 bits per heavy atom. The van der Waals surface area contributed by atoms with Gasteiger partial charge in [-0.2, -0.15) is 0 Å². The average Bonchev–Trinajstić information content (AvgIpc) is 3.35. The fourth-order valence-electron chi connectivity index (χ4n) is 7.28. The van der Waals surface area contributed by atoms with Crippen molar-refractivity contribution in [2.75, 3.05) is 0 Å². The van der Waals surface area contributed by atoms with Crippen LogP contribution in [-0.4, -0.2) is 39.9 Å². The molecule has 0 fully saturated rings. The molecule has 4 aromatic heterocycles. The predicted octanol–water partition coefficient (Wildman–Crippen LogP) is 11.8. The lowest BCUT2D eigenvalue weighted by atomic mass is 9.99. The van der Waals surface area contributed by atoms with Crippen molar-refractivity contribution in [2.24, 2.45) is 0 Å². The Morgan fingerprint density at radius 1 is 0.217 bits per heavy atom. The Labute approximate surface area is 347 Å². The van der Waals surface area contributed by atoms with E-state index in [0.717, 1.165) is 89.5 Å². The molecule has 0 spiro atoms. The number of benzene rings is 6. The van der Waals surface area contributed by atoms with Crippen LogP contribution in [0.25, 0.3) is 101 Å².